The molecule has 2 N–H and O–H groups in total. The Hall–Kier alpha value is -1.57. The molecule has 0 spiro atoms. The Balaban J connectivity index is 2.29. The first kappa shape index (κ1) is 16.8. The molecule has 6 heteroatoms. The van der Waals surface area contributed by atoms with Crippen LogP contribution in [-0.4, -0.2) is 27.6 Å². The van der Waals surface area contributed by atoms with Crippen molar-refractivity contribution >= 4 is 45.4 Å². The van der Waals surface area contributed by atoms with Crippen molar-refractivity contribution in [2.24, 2.45) is 5.92 Å². The Morgan fingerprint density at radius 2 is 2.05 bits per heavy atom. The van der Waals surface area contributed by atoms with E-state index in [2.05, 4.69) is 27.6 Å². The van der Waals surface area contributed by atoms with Crippen molar-refractivity contribution in [3.63, 3.8) is 0 Å². The number of fused-ring (bicyclic) bond motifs is 1. The quantitative estimate of drug-likeness (QED) is 0.456. The number of benzene rings is 1. The second-order valence-corrected chi connectivity index (χ2v) is 7.27. The molecule has 0 saturated carbocycles. The van der Waals surface area contributed by atoms with Crippen LogP contribution in [0.25, 0.3) is 10.9 Å². The highest BCUT2D eigenvalue weighted by molar-refractivity contribution is 14.1. The number of ether oxygens (including phenoxy) is 1. The molecule has 1 atom stereocenters. The molecule has 2 rings (SSSR count). The van der Waals surface area contributed by atoms with Crippen molar-refractivity contribution in [2.75, 3.05) is 0 Å². The molecule has 5 nitrogen and oxygen atoms in total. The molecular weight excluding hydrogens is 397 g/mol. The molecule has 118 valence electrons. The van der Waals surface area contributed by atoms with Crippen molar-refractivity contribution in [1.29, 1.82) is 0 Å². The normalized spacial score (nSPS) is 13.1. The highest BCUT2D eigenvalue weighted by Gasteiger charge is 2.32. The van der Waals surface area contributed by atoms with Crippen molar-refractivity contribution in [1.82, 2.24) is 4.98 Å². The zero-order valence-corrected chi connectivity index (χ0v) is 14.8. The van der Waals surface area contributed by atoms with Crippen molar-refractivity contribution in [3.05, 3.63) is 33.5 Å². The van der Waals surface area contributed by atoms with E-state index in [9.17, 15) is 14.7 Å². The third kappa shape index (κ3) is 3.79. The third-order valence-electron chi connectivity index (χ3n) is 3.16. The van der Waals surface area contributed by atoms with Gasteiger partial charge in [0.2, 0.25) is 0 Å². The summed E-state index contributed by atoms with van der Waals surface area (Å²) in [5.41, 5.74) is 1.04. The summed E-state index contributed by atoms with van der Waals surface area (Å²) in [6.07, 6.45) is 1.86. The maximum Gasteiger partial charge on any atom is 0.321 e. The fourth-order valence-electron chi connectivity index (χ4n) is 2.21. The summed E-state index contributed by atoms with van der Waals surface area (Å²) < 4.78 is 6.26. The van der Waals surface area contributed by atoms with Gasteiger partial charge in [0.25, 0.3) is 0 Å². The molecule has 0 radical (unpaired) electrons. The van der Waals surface area contributed by atoms with Crippen LogP contribution in [0.2, 0.25) is 0 Å². The SMILES string of the molecule is CC(C)(C)OC(=O)[C@H](Cc1c[nH]c2c(I)cccc12)C(=O)O. The van der Waals surface area contributed by atoms with Crippen LogP contribution in [0.15, 0.2) is 24.4 Å². The van der Waals surface area contributed by atoms with E-state index in [0.29, 0.717) is 0 Å². The van der Waals surface area contributed by atoms with Gasteiger partial charge in [-0.15, -0.1) is 0 Å². The van der Waals surface area contributed by atoms with E-state index in [1.807, 2.05) is 18.2 Å². The number of hydrogen-bond acceptors (Lipinski definition) is 3. The van der Waals surface area contributed by atoms with Crippen LogP contribution in [0.5, 0.6) is 0 Å². The lowest BCUT2D eigenvalue weighted by Gasteiger charge is -2.22. The van der Waals surface area contributed by atoms with Gasteiger partial charge >= 0.3 is 11.9 Å². The second-order valence-electron chi connectivity index (χ2n) is 6.10. The lowest BCUT2D eigenvalue weighted by atomic mass is 9.98. The Bertz CT molecular complexity index is 714. The fourth-order valence-corrected chi connectivity index (χ4v) is 2.86. The van der Waals surface area contributed by atoms with Crippen LogP contribution in [0.3, 0.4) is 0 Å². The van der Waals surface area contributed by atoms with Gasteiger partial charge in [0.1, 0.15) is 5.60 Å². The standard InChI is InChI=1S/C16H18INO4/c1-16(2,3)22-15(21)11(14(19)20)7-9-8-18-13-10(9)5-4-6-12(13)17/h4-6,8,11,18H,7H2,1-3H3,(H,19,20)/t11-/m1/s1. The zero-order valence-electron chi connectivity index (χ0n) is 12.6. The minimum Gasteiger partial charge on any atom is -0.481 e. The van der Waals surface area contributed by atoms with Gasteiger partial charge in [-0.2, -0.15) is 0 Å². The third-order valence-corrected chi connectivity index (χ3v) is 4.06. The Morgan fingerprint density at radius 3 is 2.64 bits per heavy atom. The Labute approximate surface area is 142 Å². The van der Waals surface area contributed by atoms with E-state index < -0.39 is 23.5 Å². The molecule has 0 bridgehead atoms. The van der Waals surface area contributed by atoms with Crippen molar-refractivity contribution in [2.45, 2.75) is 32.8 Å². The summed E-state index contributed by atoms with van der Waals surface area (Å²) in [4.78, 5) is 26.7. The first-order valence-electron chi connectivity index (χ1n) is 6.89. The molecule has 0 aliphatic heterocycles. The summed E-state index contributed by atoms with van der Waals surface area (Å²) in [6, 6.07) is 5.79. The number of hydrogen-bond donors (Lipinski definition) is 2. The average Bonchev–Trinajstić information content (AvgIpc) is 2.78. The largest absolute Gasteiger partial charge is 0.481 e. The van der Waals surface area contributed by atoms with Gasteiger partial charge in [-0.3, -0.25) is 9.59 Å². The van der Waals surface area contributed by atoms with Gasteiger partial charge in [0.05, 0.1) is 5.52 Å². The lowest BCUT2D eigenvalue weighted by molar-refractivity contribution is -0.166. The highest BCUT2D eigenvalue weighted by Crippen LogP contribution is 2.26. The monoisotopic (exact) mass is 415 g/mol. The van der Waals surface area contributed by atoms with Crippen LogP contribution in [-0.2, 0) is 20.7 Å². The fraction of sp³-hybridized carbons (Fsp3) is 0.375. The maximum atomic E-state index is 12.1. The van der Waals surface area contributed by atoms with Crippen LogP contribution in [0.4, 0.5) is 0 Å². The molecule has 0 aliphatic rings. The lowest BCUT2D eigenvalue weighted by Crippen LogP contribution is -2.33. The second kappa shape index (κ2) is 6.28. The van der Waals surface area contributed by atoms with Gasteiger partial charge < -0.3 is 14.8 Å². The summed E-state index contributed by atoms with van der Waals surface area (Å²) in [5, 5.41) is 10.3. The number of carboxylic acids is 1. The van der Waals surface area contributed by atoms with Gasteiger partial charge in [-0.05, 0) is 61.4 Å². The van der Waals surface area contributed by atoms with Crippen LogP contribution < -0.4 is 0 Å². The van der Waals surface area contributed by atoms with E-state index in [1.165, 1.54) is 0 Å². The number of carbonyl (C=O) groups excluding carboxylic acids is 1. The molecule has 0 unspecified atom stereocenters. The first-order chi connectivity index (χ1) is 10.2. The van der Waals surface area contributed by atoms with E-state index in [1.54, 1.807) is 27.0 Å². The molecule has 0 fully saturated rings. The smallest absolute Gasteiger partial charge is 0.321 e. The summed E-state index contributed by atoms with van der Waals surface area (Å²) in [7, 11) is 0. The number of aromatic nitrogens is 1. The van der Waals surface area contributed by atoms with Crippen LogP contribution in [0.1, 0.15) is 26.3 Å². The molecule has 1 aromatic heterocycles. The number of para-hydroxylation sites is 1. The van der Waals surface area contributed by atoms with Gasteiger partial charge in [0.15, 0.2) is 5.92 Å². The summed E-state index contributed by atoms with van der Waals surface area (Å²) in [5.74, 6) is -3.09. The van der Waals surface area contributed by atoms with E-state index in [4.69, 9.17) is 4.74 Å². The topological polar surface area (TPSA) is 79.4 Å². The molecule has 22 heavy (non-hydrogen) atoms. The minimum atomic E-state index is -1.21. The summed E-state index contributed by atoms with van der Waals surface area (Å²) >= 11 is 2.21. The molecule has 1 aromatic carbocycles. The number of esters is 1. The molecule has 2 aromatic rings. The number of nitrogens with one attached hydrogen (secondary N) is 1. The molecule has 0 amide bonds. The predicted octanol–water partition coefficient (Wildman–Crippen LogP) is 3.36. The van der Waals surface area contributed by atoms with E-state index in [0.717, 1.165) is 20.0 Å². The van der Waals surface area contributed by atoms with Crippen molar-refractivity contribution in [3.8, 4) is 0 Å². The number of halogens is 1. The number of carbonyl (C=O) groups is 2. The predicted molar refractivity (Wildman–Crippen MR) is 91.7 cm³/mol. The zero-order chi connectivity index (χ0) is 16.5. The van der Waals surface area contributed by atoms with E-state index in [-0.39, 0.29) is 6.42 Å². The number of aliphatic carboxylic acids is 1. The Morgan fingerprint density at radius 1 is 1.36 bits per heavy atom. The number of H-pyrrole nitrogens is 1. The molecule has 0 aliphatic carbocycles. The van der Waals surface area contributed by atoms with Gasteiger partial charge in [-0.25, -0.2) is 0 Å². The van der Waals surface area contributed by atoms with Crippen LogP contribution >= 0.6 is 22.6 Å². The van der Waals surface area contributed by atoms with Gasteiger partial charge in [0, 0.05) is 15.2 Å². The molecule has 1 heterocycles. The maximum absolute atomic E-state index is 12.1. The molecule has 0 saturated heterocycles. The average molecular weight is 415 g/mol. The van der Waals surface area contributed by atoms with Crippen molar-refractivity contribution < 1.29 is 19.4 Å². The number of rotatable bonds is 4. The first-order valence-corrected chi connectivity index (χ1v) is 7.97. The van der Waals surface area contributed by atoms with E-state index >= 15 is 0 Å². The number of carboxylic acid groups (broad SMARTS) is 1. The minimum absolute atomic E-state index is 0.102. The van der Waals surface area contributed by atoms with Crippen LogP contribution in [0, 0.1) is 9.49 Å². The number of aromatic amines is 1. The van der Waals surface area contributed by atoms with Gasteiger partial charge in [-0.1, -0.05) is 12.1 Å². The Kier molecular flexibility index (Phi) is 4.79. The molecular formula is C16H18INO4. The highest BCUT2D eigenvalue weighted by atomic mass is 127. The summed E-state index contributed by atoms with van der Waals surface area (Å²) in [6.45, 7) is 5.16.